The summed E-state index contributed by atoms with van der Waals surface area (Å²) in [5, 5.41) is 43.3. The minimum Gasteiger partial charge on any atom is -0.392 e. The lowest BCUT2D eigenvalue weighted by Crippen LogP contribution is -2.16. The molecule has 3 N–H and O–H groups in total. The molecule has 0 spiro atoms. The summed E-state index contributed by atoms with van der Waals surface area (Å²) in [5.74, 6) is -0.349. The second kappa shape index (κ2) is 9.59. The number of carbonyl (C=O) groups is 1. The molecule has 0 saturated heterocycles. The number of rotatable bonds is 7. The van der Waals surface area contributed by atoms with E-state index in [0.29, 0.717) is 11.4 Å². The van der Waals surface area contributed by atoms with Crippen LogP contribution in [0.3, 0.4) is 0 Å². The third-order valence-corrected chi connectivity index (χ3v) is 3.87. The number of azo groups is 1. The van der Waals surface area contributed by atoms with Gasteiger partial charge in [0, 0.05) is 25.6 Å². The van der Waals surface area contributed by atoms with Gasteiger partial charge in [-0.2, -0.15) is 5.26 Å². The topological polar surface area (TPSA) is 153 Å². The molecule has 11 heteroatoms. The highest BCUT2D eigenvalue weighted by molar-refractivity contribution is 6.33. The predicted molar refractivity (Wildman–Crippen MR) is 108 cm³/mol. The van der Waals surface area contributed by atoms with Crippen molar-refractivity contribution in [3.63, 3.8) is 0 Å². The molecule has 0 aliphatic rings. The van der Waals surface area contributed by atoms with E-state index in [9.17, 15) is 25.3 Å². The van der Waals surface area contributed by atoms with Crippen LogP contribution in [0.1, 0.15) is 19.4 Å². The molecular weight excluding hydrogens is 400 g/mol. The molecule has 1 unspecified atom stereocenters. The Labute approximate surface area is 171 Å². The number of hydrogen-bond donors (Lipinski definition) is 3. The Hall–Kier alpha value is -3.55. The number of hydrogen-bond acceptors (Lipinski definition) is 8. The van der Waals surface area contributed by atoms with Gasteiger partial charge in [-0.3, -0.25) is 14.9 Å². The molecule has 0 aromatic heterocycles. The average Bonchev–Trinajstić information content (AvgIpc) is 2.66. The third-order valence-electron chi connectivity index (χ3n) is 3.56. The summed E-state index contributed by atoms with van der Waals surface area (Å²) in [5.41, 5.74) is 0.859. The summed E-state index contributed by atoms with van der Waals surface area (Å²) >= 11 is 6.23. The van der Waals surface area contributed by atoms with Crippen molar-refractivity contribution in [3.8, 4) is 6.07 Å². The molecule has 0 aliphatic carbocycles. The van der Waals surface area contributed by atoms with Crippen LogP contribution in [-0.4, -0.2) is 28.6 Å². The first-order valence-electron chi connectivity index (χ1n) is 8.34. The minimum atomic E-state index is -0.616. The molecule has 10 nitrogen and oxygen atoms in total. The lowest BCUT2D eigenvalue weighted by Gasteiger charge is -2.14. The zero-order chi connectivity index (χ0) is 21.6. The van der Waals surface area contributed by atoms with Gasteiger partial charge in [-0.1, -0.05) is 11.6 Å². The van der Waals surface area contributed by atoms with E-state index in [1.807, 2.05) is 6.07 Å². The molecule has 0 saturated carbocycles. The molecule has 29 heavy (non-hydrogen) atoms. The van der Waals surface area contributed by atoms with E-state index in [4.69, 9.17) is 11.6 Å². The van der Waals surface area contributed by atoms with Crippen molar-refractivity contribution in [1.29, 1.82) is 5.26 Å². The number of nitriles is 1. The number of nitrogens with zero attached hydrogens (tertiary/aromatic N) is 4. The third kappa shape index (κ3) is 5.97. The number of benzene rings is 2. The first-order valence-corrected chi connectivity index (χ1v) is 8.72. The maximum Gasteiger partial charge on any atom is 0.270 e. The van der Waals surface area contributed by atoms with E-state index in [-0.39, 0.29) is 40.1 Å². The first-order chi connectivity index (χ1) is 13.7. The lowest BCUT2D eigenvalue weighted by molar-refractivity contribution is -0.384. The fourth-order valence-electron chi connectivity index (χ4n) is 2.25. The van der Waals surface area contributed by atoms with E-state index in [1.54, 1.807) is 13.0 Å². The maximum absolute atomic E-state index is 11.5. The SMILES string of the molecule is CC(=O)Nc1cc(NCC(C)O)c(Cl)cc1/N=N/c1ccc([N+](=O)[O-])cc1C#N. The van der Waals surface area contributed by atoms with Gasteiger partial charge in [-0.15, -0.1) is 10.2 Å². The van der Waals surface area contributed by atoms with Gasteiger partial charge < -0.3 is 15.7 Å². The van der Waals surface area contributed by atoms with Crippen molar-refractivity contribution in [1.82, 2.24) is 0 Å². The smallest absolute Gasteiger partial charge is 0.270 e. The summed E-state index contributed by atoms with van der Waals surface area (Å²) in [6, 6.07) is 8.44. The van der Waals surface area contributed by atoms with Crippen molar-refractivity contribution in [3.05, 3.63) is 51.0 Å². The van der Waals surface area contributed by atoms with E-state index in [0.717, 1.165) is 6.07 Å². The Bertz CT molecular complexity index is 1020. The largest absolute Gasteiger partial charge is 0.392 e. The summed E-state index contributed by atoms with van der Waals surface area (Å²) < 4.78 is 0. The molecule has 0 radical (unpaired) electrons. The molecule has 0 aliphatic heterocycles. The summed E-state index contributed by atoms with van der Waals surface area (Å²) in [4.78, 5) is 21.7. The molecule has 0 bridgehead atoms. The summed E-state index contributed by atoms with van der Waals surface area (Å²) in [6.07, 6.45) is -0.610. The highest BCUT2D eigenvalue weighted by Crippen LogP contribution is 2.36. The maximum atomic E-state index is 11.5. The standard InChI is InChI=1S/C18H17ClN6O4/c1-10(26)9-21-16-7-17(22-11(2)27)18(6-14(16)19)24-23-15-4-3-13(25(28)29)5-12(15)8-20/h3-7,10,21,26H,9H2,1-2H3,(H,22,27)/b24-23+. The Morgan fingerprint density at radius 1 is 1.31 bits per heavy atom. The molecule has 1 atom stereocenters. The number of halogens is 1. The van der Waals surface area contributed by atoms with Crippen molar-refractivity contribution in [2.45, 2.75) is 20.0 Å². The van der Waals surface area contributed by atoms with Gasteiger partial charge in [0.05, 0.1) is 33.0 Å². The highest BCUT2D eigenvalue weighted by Gasteiger charge is 2.13. The second-order valence-corrected chi connectivity index (χ2v) is 6.44. The second-order valence-electron chi connectivity index (χ2n) is 6.03. The Morgan fingerprint density at radius 2 is 2.00 bits per heavy atom. The first kappa shape index (κ1) is 21.7. The van der Waals surface area contributed by atoms with Crippen molar-refractivity contribution >= 4 is 45.9 Å². The number of nitrogens with one attached hydrogen (secondary N) is 2. The molecular formula is C18H17ClN6O4. The Balaban J connectivity index is 2.43. The predicted octanol–water partition coefficient (Wildman–Crippen LogP) is 4.29. The molecule has 0 heterocycles. The van der Waals surface area contributed by atoms with E-state index >= 15 is 0 Å². The normalized spacial score (nSPS) is 11.7. The van der Waals surface area contributed by atoms with Gasteiger partial charge in [0.2, 0.25) is 5.91 Å². The van der Waals surface area contributed by atoms with Crippen LogP contribution in [0.15, 0.2) is 40.6 Å². The van der Waals surface area contributed by atoms with Crippen LogP contribution in [-0.2, 0) is 4.79 Å². The van der Waals surface area contributed by atoms with Crippen molar-refractivity contribution in [2.24, 2.45) is 10.2 Å². The molecule has 2 rings (SSSR count). The number of amides is 1. The summed E-state index contributed by atoms with van der Waals surface area (Å²) in [6.45, 7) is 3.17. The van der Waals surface area contributed by atoms with Crippen LogP contribution in [0, 0.1) is 21.4 Å². The highest BCUT2D eigenvalue weighted by atomic mass is 35.5. The van der Waals surface area contributed by atoms with Crippen LogP contribution in [0.4, 0.5) is 28.4 Å². The minimum absolute atomic E-state index is 0.0228. The average molecular weight is 417 g/mol. The van der Waals surface area contributed by atoms with Gasteiger partial charge >= 0.3 is 0 Å². The molecule has 0 fully saturated rings. The van der Waals surface area contributed by atoms with Crippen LogP contribution >= 0.6 is 11.6 Å². The fourth-order valence-corrected chi connectivity index (χ4v) is 2.48. The van der Waals surface area contributed by atoms with E-state index in [1.165, 1.54) is 25.1 Å². The Kier molecular flexibility index (Phi) is 7.19. The molecule has 2 aromatic carbocycles. The number of anilines is 2. The van der Waals surface area contributed by atoms with Gasteiger partial charge in [-0.05, 0) is 25.1 Å². The van der Waals surface area contributed by atoms with Gasteiger partial charge in [0.15, 0.2) is 0 Å². The van der Waals surface area contributed by atoms with Gasteiger partial charge in [0.25, 0.3) is 5.69 Å². The van der Waals surface area contributed by atoms with Crippen LogP contribution in [0.2, 0.25) is 5.02 Å². The van der Waals surface area contributed by atoms with Crippen LogP contribution in [0.25, 0.3) is 0 Å². The quantitative estimate of drug-likeness (QED) is 0.347. The van der Waals surface area contributed by atoms with Crippen LogP contribution in [0.5, 0.6) is 0 Å². The number of carbonyl (C=O) groups excluding carboxylic acids is 1. The molecule has 150 valence electrons. The van der Waals surface area contributed by atoms with Gasteiger partial charge in [0.1, 0.15) is 17.4 Å². The zero-order valence-corrected chi connectivity index (χ0v) is 16.3. The van der Waals surface area contributed by atoms with E-state index in [2.05, 4.69) is 20.9 Å². The Morgan fingerprint density at radius 3 is 2.59 bits per heavy atom. The number of non-ortho nitro benzene ring substituents is 1. The number of nitro benzene ring substituents is 1. The number of nitro groups is 1. The number of aliphatic hydroxyl groups excluding tert-OH is 1. The monoisotopic (exact) mass is 416 g/mol. The number of aliphatic hydroxyl groups is 1. The van der Waals surface area contributed by atoms with Gasteiger partial charge in [-0.25, -0.2) is 0 Å². The molecule has 2 aromatic rings. The summed E-state index contributed by atoms with van der Waals surface area (Å²) in [7, 11) is 0. The van der Waals surface area contributed by atoms with Crippen molar-refractivity contribution < 1.29 is 14.8 Å². The molecule has 1 amide bonds. The zero-order valence-electron chi connectivity index (χ0n) is 15.5. The fraction of sp³-hybridized carbons (Fsp3) is 0.222. The lowest BCUT2D eigenvalue weighted by atomic mass is 10.2. The van der Waals surface area contributed by atoms with Crippen LogP contribution < -0.4 is 10.6 Å². The van der Waals surface area contributed by atoms with E-state index < -0.39 is 11.0 Å². The van der Waals surface area contributed by atoms with Crippen molar-refractivity contribution in [2.75, 3.05) is 17.2 Å².